The highest BCUT2D eigenvalue weighted by molar-refractivity contribution is 5.76. The molecule has 0 unspecified atom stereocenters. The van der Waals surface area contributed by atoms with Gasteiger partial charge in [-0.15, -0.1) is 0 Å². The number of pyridine rings is 1. The van der Waals surface area contributed by atoms with Crippen LogP contribution in [0.25, 0.3) is 0 Å². The molecule has 21 heavy (non-hydrogen) atoms. The number of carbonyl (C=O) groups is 1. The Morgan fingerprint density at radius 3 is 2.57 bits per heavy atom. The third-order valence-electron chi connectivity index (χ3n) is 4.64. The van der Waals surface area contributed by atoms with E-state index in [9.17, 15) is 9.90 Å². The van der Waals surface area contributed by atoms with E-state index in [4.69, 9.17) is 0 Å². The quantitative estimate of drug-likeness (QED) is 0.925. The highest BCUT2D eigenvalue weighted by atomic mass is 16.3. The van der Waals surface area contributed by atoms with E-state index >= 15 is 0 Å². The van der Waals surface area contributed by atoms with Crippen LogP contribution in [0.3, 0.4) is 0 Å². The number of rotatable bonds is 3. The van der Waals surface area contributed by atoms with E-state index in [1.807, 2.05) is 4.90 Å². The molecule has 2 fully saturated rings. The number of anilines is 1. The first-order valence-electron chi connectivity index (χ1n) is 7.89. The van der Waals surface area contributed by atoms with Crippen molar-refractivity contribution in [2.24, 2.45) is 5.92 Å². The molecule has 1 aromatic rings. The summed E-state index contributed by atoms with van der Waals surface area (Å²) in [6.07, 6.45) is 8.95. The molecule has 1 aromatic heterocycles. The van der Waals surface area contributed by atoms with Crippen LogP contribution in [-0.4, -0.2) is 47.1 Å². The number of piperazine rings is 1. The molecule has 0 bridgehead atoms. The molecule has 2 heterocycles. The van der Waals surface area contributed by atoms with Crippen LogP contribution in [0.5, 0.6) is 5.75 Å². The summed E-state index contributed by atoms with van der Waals surface area (Å²) in [5.41, 5.74) is 0.929. The maximum Gasteiger partial charge on any atom is 0.222 e. The van der Waals surface area contributed by atoms with Crippen molar-refractivity contribution in [3.8, 4) is 5.75 Å². The number of aromatic nitrogens is 1. The monoisotopic (exact) mass is 289 g/mol. The second kappa shape index (κ2) is 6.33. The van der Waals surface area contributed by atoms with Gasteiger partial charge in [0.05, 0.1) is 18.1 Å². The van der Waals surface area contributed by atoms with Crippen molar-refractivity contribution in [2.45, 2.75) is 32.1 Å². The highest BCUT2D eigenvalue weighted by Gasteiger charge is 2.25. The van der Waals surface area contributed by atoms with E-state index in [2.05, 4.69) is 9.88 Å². The second-order valence-electron chi connectivity index (χ2n) is 6.12. The first kappa shape index (κ1) is 14.2. The molecule has 5 nitrogen and oxygen atoms in total. The minimum absolute atomic E-state index is 0.187. The first-order chi connectivity index (χ1) is 10.2. The predicted molar refractivity (Wildman–Crippen MR) is 81.3 cm³/mol. The van der Waals surface area contributed by atoms with Crippen LogP contribution in [0.4, 0.5) is 5.69 Å². The van der Waals surface area contributed by atoms with Gasteiger partial charge in [-0.3, -0.25) is 9.78 Å². The summed E-state index contributed by atoms with van der Waals surface area (Å²) in [4.78, 5) is 20.5. The number of hydrogen-bond acceptors (Lipinski definition) is 4. The largest absolute Gasteiger partial charge is 0.506 e. The molecule has 1 aliphatic carbocycles. The van der Waals surface area contributed by atoms with Gasteiger partial charge in [-0.25, -0.2) is 0 Å². The summed E-state index contributed by atoms with van der Waals surface area (Å²) in [7, 11) is 0. The van der Waals surface area contributed by atoms with Gasteiger partial charge in [0.15, 0.2) is 0 Å². The van der Waals surface area contributed by atoms with E-state index in [0.717, 1.165) is 38.3 Å². The Hall–Kier alpha value is -1.78. The van der Waals surface area contributed by atoms with E-state index in [1.54, 1.807) is 12.3 Å². The zero-order chi connectivity index (χ0) is 14.7. The number of carbonyl (C=O) groups excluding carboxylic acids is 1. The molecule has 1 amide bonds. The fourth-order valence-corrected chi connectivity index (χ4v) is 3.39. The minimum atomic E-state index is 0.187. The van der Waals surface area contributed by atoms with Gasteiger partial charge in [0.2, 0.25) is 5.91 Å². The van der Waals surface area contributed by atoms with E-state index < -0.39 is 0 Å². The standard InChI is InChI=1S/C16H23N3O2/c20-15-10-14(11-17-12-15)18-5-7-19(8-6-18)16(21)9-13-3-1-2-4-13/h10-13,20H,1-9H2. The van der Waals surface area contributed by atoms with Crippen molar-refractivity contribution in [3.05, 3.63) is 18.5 Å². The van der Waals surface area contributed by atoms with Gasteiger partial charge in [-0.2, -0.15) is 0 Å². The summed E-state index contributed by atoms with van der Waals surface area (Å²) >= 11 is 0. The van der Waals surface area contributed by atoms with Crippen molar-refractivity contribution in [2.75, 3.05) is 31.1 Å². The average Bonchev–Trinajstić information content (AvgIpc) is 3.00. The van der Waals surface area contributed by atoms with Crippen LogP contribution in [0.1, 0.15) is 32.1 Å². The topological polar surface area (TPSA) is 56.7 Å². The molecule has 0 radical (unpaired) electrons. The van der Waals surface area contributed by atoms with Crippen LogP contribution in [-0.2, 0) is 4.79 Å². The van der Waals surface area contributed by atoms with Gasteiger partial charge in [-0.05, 0) is 18.8 Å². The Morgan fingerprint density at radius 1 is 1.19 bits per heavy atom. The Morgan fingerprint density at radius 2 is 1.90 bits per heavy atom. The zero-order valence-corrected chi connectivity index (χ0v) is 12.4. The molecular formula is C16H23N3O2. The lowest BCUT2D eigenvalue weighted by Gasteiger charge is -2.36. The molecule has 0 spiro atoms. The maximum absolute atomic E-state index is 12.3. The molecule has 1 aliphatic heterocycles. The van der Waals surface area contributed by atoms with E-state index in [-0.39, 0.29) is 5.75 Å². The van der Waals surface area contributed by atoms with Crippen LogP contribution in [0, 0.1) is 5.92 Å². The number of aromatic hydroxyl groups is 1. The normalized spacial score (nSPS) is 20.0. The molecule has 3 rings (SSSR count). The minimum Gasteiger partial charge on any atom is -0.506 e. The Balaban J connectivity index is 1.51. The van der Waals surface area contributed by atoms with Gasteiger partial charge >= 0.3 is 0 Å². The molecular weight excluding hydrogens is 266 g/mol. The number of hydrogen-bond donors (Lipinski definition) is 1. The smallest absolute Gasteiger partial charge is 0.222 e. The van der Waals surface area contributed by atoms with E-state index in [0.29, 0.717) is 11.8 Å². The molecule has 0 atom stereocenters. The average molecular weight is 289 g/mol. The SMILES string of the molecule is O=C(CC1CCCC1)N1CCN(c2cncc(O)c2)CC1. The van der Waals surface area contributed by atoms with Gasteiger partial charge in [0.25, 0.3) is 0 Å². The fraction of sp³-hybridized carbons (Fsp3) is 0.625. The third kappa shape index (κ3) is 3.46. The van der Waals surface area contributed by atoms with Crippen molar-refractivity contribution < 1.29 is 9.90 Å². The van der Waals surface area contributed by atoms with Crippen molar-refractivity contribution in [3.63, 3.8) is 0 Å². The highest BCUT2D eigenvalue weighted by Crippen LogP contribution is 2.28. The van der Waals surface area contributed by atoms with Crippen molar-refractivity contribution in [1.82, 2.24) is 9.88 Å². The van der Waals surface area contributed by atoms with Gasteiger partial charge < -0.3 is 14.9 Å². The molecule has 5 heteroatoms. The van der Waals surface area contributed by atoms with Crippen molar-refractivity contribution in [1.29, 1.82) is 0 Å². The van der Waals surface area contributed by atoms with Gasteiger partial charge in [-0.1, -0.05) is 12.8 Å². The second-order valence-corrected chi connectivity index (χ2v) is 6.12. The van der Waals surface area contributed by atoms with Gasteiger partial charge in [0, 0.05) is 38.7 Å². The predicted octanol–water partition coefficient (Wildman–Crippen LogP) is 2.02. The van der Waals surface area contributed by atoms with Crippen molar-refractivity contribution >= 4 is 11.6 Å². The number of amides is 1. The Kier molecular flexibility index (Phi) is 4.27. The fourth-order valence-electron chi connectivity index (χ4n) is 3.39. The summed E-state index contributed by atoms with van der Waals surface area (Å²) in [6, 6.07) is 1.73. The third-order valence-corrected chi connectivity index (χ3v) is 4.64. The molecule has 114 valence electrons. The zero-order valence-electron chi connectivity index (χ0n) is 12.4. The Bertz CT molecular complexity index is 492. The van der Waals surface area contributed by atoms with Gasteiger partial charge in [0.1, 0.15) is 5.75 Å². The molecule has 0 aromatic carbocycles. The summed E-state index contributed by atoms with van der Waals surface area (Å²) in [6.45, 7) is 3.14. The van der Waals surface area contributed by atoms with Crippen LogP contribution in [0.2, 0.25) is 0 Å². The van der Waals surface area contributed by atoms with E-state index in [1.165, 1.54) is 31.9 Å². The molecule has 1 saturated carbocycles. The first-order valence-corrected chi connectivity index (χ1v) is 7.89. The number of nitrogens with zero attached hydrogens (tertiary/aromatic N) is 3. The Labute approximate surface area is 125 Å². The lowest BCUT2D eigenvalue weighted by Crippen LogP contribution is -2.49. The molecule has 1 saturated heterocycles. The molecule has 1 N–H and O–H groups in total. The summed E-state index contributed by atoms with van der Waals surface area (Å²) in [5, 5.41) is 9.49. The lowest BCUT2D eigenvalue weighted by atomic mass is 10.0. The molecule has 2 aliphatic rings. The lowest BCUT2D eigenvalue weighted by molar-refractivity contribution is -0.132. The maximum atomic E-state index is 12.3. The van der Waals surface area contributed by atoms with Crippen LogP contribution >= 0.6 is 0 Å². The van der Waals surface area contributed by atoms with Crippen LogP contribution < -0.4 is 4.90 Å². The summed E-state index contributed by atoms with van der Waals surface area (Å²) < 4.78 is 0. The van der Waals surface area contributed by atoms with Crippen LogP contribution in [0.15, 0.2) is 18.5 Å². The summed E-state index contributed by atoms with van der Waals surface area (Å²) in [5.74, 6) is 1.12.